The Morgan fingerprint density at radius 1 is 1.41 bits per heavy atom. The first-order valence-electron chi connectivity index (χ1n) is 4.87. The molecule has 1 aromatic rings. The molecule has 0 heterocycles. The second kappa shape index (κ2) is 6.26. The number of nitrogens with two attached hydrogens (primary N) is 1. The third-order valence-corrected chi connectivity index (χ3v) is 1.95. The van der Waals surface area contributed by atoms with E-state index in [9.17, 15) is 9.59 Å². The van der Waals surface area contributed by atoms with Crippen LogP contribution in [-0.2, 0) is 0 Å². The predicted molar refractivity (Wildman–Crippen MR) is 63.2 cm³/mol. The van der Waals surface area contributed by atoms with Crippen molar-refractivity contribution in [3.63, 3.8) is 0 Å². The first kappa shape index (κ1) is 12.7. The summed E-state index contributed by atoms with van der Waals surface area (Å²) in [7, 11) is 1.55. The fourth-order valence-corrected chi connectivity index (χ4v) is 1.13. The Balaban J connectivity index is 2.52. The van der Waals surface area contributed by atoms with Crippen molar-refractivity contribution < 1.29 is 14.3 Å². The van der Waals surface area contributed by atoms with E-state index in [0.717, 1.165) is 0 Å². The maximum atomic E-state index is 11.6. The van der Waals surface area contributed by atoms with Crippen molar-refractivity contribution in [3.8, 4) is 5.75 Å². The molecular weight excluding hydrogens is 222 g/mol. The van der Waals surface area contributed by atoms with Gasteiger partial charge < -0.3 is 10.5 Å². The lowest BCUT2D eigenvalue weighted by Gasteiger charge is -2.00. The van der Waals surface area contributed by atoms with Crippen LogP contribution in [0.25, 0.3) is 0 Å². The zero-order valence-corrected chi connectivity index (χ0v) is 9.34. The van der Waals surface area contributed by atoms with Gasteiger partial charge in [-0.05, 0) is 24.3 Å². The quantitative estimate of drug-likeness (QED) is 0.451. The molecule has 0 unspecified atom stereocenters. The number of ketones is 1. The number of primary amides is 1. The fraction of sp³-hybridized carbons (Fsp3) is 0.182. The van der Waals surface area contributed by atoms with E-state index in [1.807, 2.05) is 5.43 Å². The van der Waals surface area contributed by atoms with Gasteiger partial charge in [0.25, 0.3) is 0 Å². The van der Waals surface area contributed by atoms with Gasteiger partial charge in [0.2, 0.25) is 0 Å². The Bertz CT molecular complexity index is 426. The molecule has 0 aromatic heterocycles. The Kier molecular flexibility index (Phi) is 4.68. The second-order valence-corrected chi connectivity index (χ2v) is 3.14. The summed E-state index contributed by atoms with van der Waals surface area (Å²) in [5, 5.41) is 3.48. The smallest absolute Gasteiger partial charge is 0.332 e. The lowest BCUT2D eigenvalue weighted by molar-refractivity contribution is 0.100. The van der Waals surface area contributed by atoms with Crippen molar-refractivity contribution in [1.29, 1.82) is 0 Å². The molecule has 3 N–H and O–H groups in total. The van der Waals surface area contributed by atoms with Gasteiger partial charge in [-0.2, -0.15) is 5.10 Å². The Morgan fingerprint density at radius 2 is 2.06 bits per heavy atom. The number of hydrazone groups is 1. The van der Waals surface area contributed by atoms with Gasteiger partial charge in [0.05, 0.1) is 7.11 Å². The van der Waals surface area contributed by atoms with Crippen LogP contribution >= 0.6 is 0 Å². The summed E-state index contributed by atoms with van der Waals surface area (Å²) in [4.78, 5) is 21.9. The van der Waals surface area contributed by atoms with Crippen LogP contribution in [0, 0.1) is 0 Å². The van der Waals surface area contributed by atoms with Gasteiger partial charge in [-0.25, -0.2) is 10.2 Å². The molecule has 0 spiro atoms. The van der Waals surface area contributed by atoms with Crippen LogP contribution in [0.2, 0.25) is 0 Å². The molecule has 0 aliphatic carbocycles. The summed E-state index contributed by atoms with van der Waals surface area (Å²) >= 11 is 0. The number of carbonyl (C=O) groups is 2. The molecule has 1 aromatic carbocycles. The molecule has 0 aliphatic heterocycles. The predicted octanol–water partition coefficient (Wildman–Crippen LogP) is 0.922. The minimum Gasteiger partial charge on any atom is -0.497 e. The highest BCUT2D eigenvalue weighted by molar-refractivity contribution is 6.03. The molecule has 1 rings (SSSR count). The van der Waals surface area contributed by atoms with Gasteiger partial charge in [-0.3, -0.25) is 4.79 Å². The molecule has 0 fully saturated rings. The number of hydrogen-bond acceptors (Lipinski definition) is 4. The van der Waals surface area contributed by atoms with Crippen LogP contribution in [-0.4, -0.2) is 25.1 Å². The number of nitrogens with zero attached hydrogens (tertiary/aromatic N) is 1. The highest BCUT2D eigenvalue weighted by Gasteiger charge is 2.03. The number of hydrogen-bond donors (Lipinski definition) is 2. The number of urea groups is 1. The molecule has 6 nitrogen and oxygen atoms in total. The molecule has 90 valence electrons. The summed E-state index contributed by atoms with van der Waals surface area (Å²) in [5.41, 5.74) is 7.35. The normalized spacial score (nSPS) is 10.2. The topological polar surface area (TPSA) is 93.8 Å². The summed E-state index contributed by atoms with van der Waals surface area (Å²) in [5.74, 6) is 0.577. The summed E-state index contributed by atoms with van der Waals surface area (Å²) < 4.78 is 4.97. The Hall–Kier alpha value is -2.37. The van der Waals surface area contributed by atoms with Gasteiger partial charge in [0, 0.05) is 18.2 Å². The Labute approximate surface area is 98.4 Å². The fourth-order valence-electron chi connectivity index (χ4n) is 1.13. The molecule has 6 heteroatoms. The number of ether oxygens (including phenoxy) is 1. The number of Topliss-reactive ketones (excluding diaryl/α,β-unsaturated/α-hetero) is 1. The van der Waals surface area contributed by atoms with E-state index in [4.69, 9.17) is 10.5 Å². The molecule has 0 saturated heterocycles. The van der Waals surface area contributed by atoms with E-state index in [1.54, 1.807) is 31.4 Å². The van der Waals surface area contributed by atoms with Crippen LogP contribution in [0.4, 0.5) is 4.79 Å². The average Bonchev–Trinajstić information content (AvgIpc) is 2.34. The first-order valence-corrected chi connectivity index (χ1v) is 4.87. The summed E-state index contributed by atoms with van der Waals surface area (Å²) in [6.45, 7) is 0. The van der Waals surface area contributed by atoms with Crippen molar-refractivity contribution in [2.75, 3.05) is 7.11 Å². The average molecular weight is 235 g/mol. The number of benzene rings is 1. The number of carbonyl (C=O) groups excluding carboxylic acids is 2. The highest BCUT2D eigenvalue weighted by atomic mass is 16.5. The van der Waals surface area contributed by atoms with Crippen LogP contribution in [0.1, 0.15) is 16.8 Å². The molecular formula is C11H13N3O3. The van der Waals surface area contributed by atoms with Gasteiger partial charge in [-0.1, -0.05) is 0 Å². The third kappa shape index (κ3) is 4.33. The number of rotatable bonds is 5. The largest absolute Gasteiger partial charge is 0.497 e. The van der Waals surface area contributed by atoms with E-state index >= 15 is 0 Å². The molecule has 0 atom stereocenters. The second-order valence-electron chi connectivity index (χ2n) is 3.14. The lowest BCUT2D eigenvalue weighted by Crippen LogP contribution is -2.24. The zero-order chi connectivity index (χ0) is 12.7. The minimum absolute atomic E-state index is 0.0899. The lowest BCUT2D eigenvalue weighted by atomic mass is 10.1. The van der Waals surface area contributed by atoms with Crippen molar-refractivity contribution in [3.05, 3.63) is 29.8 Å². The third-order valence-electron chi connectivity index (χ3n) is 1.95. The van der Waals surface area contributed by atoms with Crippen molar-refractivity contribution in [1.82, 2.24) is 5.43 Å². The van der Waals surface area contributed by atoms with Crippen LogP contribution in [0.3, 0.4) is 0 Å². The molecule has 2 amide bonds. The molecule has 0 radical (unpaired) electrons. The van der Waals surface area contributed by atoms with Gasteiger partial charge >= 0.3 is 6.03 Å². The minimum atomic E-state index is -0.766. The first-order chi connectivity index (χ1) is 8.13. The van der Waals surface area contributed by atoms with E-state index < -0.39 is 6.03 Å². The van der Waals surface area contributed by atoms with E-state index in [1.165, 1.54) is 6.21 Å². The maximum absolute atomic E-state index is 11.6. The van der Waals surface area contributed by atoms with Crippen LogP contribution in [0.5, 0.6) is 5.75 Å². The number of amides is 2. The van der Waals surface area contributed by atoms with Crippen LogP contribution in [0.15, 0.2) is 29.4 Å². The number of methoxy groups -OCH3 is 1. The maximum Gasteiger partial charge on any atom is 0.332 e. The molecule has 17 heavy (non-hydrogen) atoms. The van der Waals surface area contributed by atoms with Gasteiger partial charge in [0.15, 0.2) is 5.78 Å². The summed E-state index contributed by atoms with van der Waals surface area (Å²) in [6.07, 6.45) is 1.38. The van der Waals surface area contributed by atoms with Crippen molar-refractivity contribution in [2.45, 2.75) is 6.42 Å². The summed E-state index contributed by atoms with van der Waals surface area (Å²) in [6, 6.07) is 5.96. The van der Waals surface area contributed by atoms with Crippen LogP contribution < -0.4 is 15.9 Å². The standard InChI is InChI=1S/C11H13N3O3/c1-17-9-4-2-8(3-5-9)10(15)6-7-13-14-11(12)16/h2-5,7H,6H2,1H3,(H3,12,14,16)/b13-7+. The molecule has 0 bridgehead atoms. The Morgan fingerprint density at radius 3 is 2.59 bits per heavy atom. The van der Waals surface area contributed by atoms with Gasteiger partial charge in [0.1, 0.15) is 5.75 Å². The number of nitrogens with one attached hydrogen (secondary N) is 1. The van der Waals surface area contributed by atoms with E-state index in [-0.39, 0.29) is 12.2 Å². The van der Waals surface area contributed by atoms with E-state index in [0.29, 0.717) is 11.3 Å². The monoisotopic (exact) mass is 235 g/mol. The van der Waals surface area contributed by atoms with E-state index in [2.05, 4.69) is 5.10 Å². The SMILES string of the molecule is COc1ccc(C(=O)C/C=N/NC(N)=O)cc1. The highest BCUT2D eigenvalue weighted by Crippen LogP contribution is 2.12. The molecule has 0 aliphatic rings. The van der Waals surface area contributed by atoms with Crippen molar-refractivity contribution in [2.24, 2.45) is 10.8 Å². The van der Waals surface area contributed by atoms with Crippen molar-refractivity contribution >= 4 is 18.0 Å². The zero-order valence-electron chi connectivity index (χ0n) is 9.34. The molecule has 0 saturated carbocycles. The van der Waals surface area contributed by atoms with Gasteiger partial charge in [-0.15, -0.1) is 0 Å².